The van der Waals surface area contributed by atoms with Gasteiger partial charge in [0, 0.05) is 13.8 Å². The van der Waals surface area contributed by atoms with Crippen molar-refractivity contribution in [3.63, 3.8) is 0 Å². The smallest absolute Gasteiger partial charge is 0.217 e. The summed E-state index contributed by atoms with van der Waals surface area (Å²) in [6.07, 6.45) is -75.0. The fraction of sp³-hybridized carbons (Fsp3) is 0.962. The molecule has 0 aliphatic carbocycles. The van der Waals surface area contributed by atoms with Crippen molar-refractivity contribution in [1.29, 1.82) is 0 Å². The first kappa shape index (κ1) is 76.2. The van der Waals surface area contributed by atoms with Crippen molar-refractivity contribution in [3.8, 4) is 0 Å². The van der Waals surface area contributed by atoms with E-state index in [1.165, 1.54) is 13.8 Å². The summed E-state index contributed by atoms with van der Waals surface area (Å²) in [5, 5.41) is 245. The molecule has 8 aliphatic rings. The third-order valence-electron chi connectivity index (χ3n) is 17.4. The second-order valence-corrected chi connectivity index (χ2v) is 23.9. The van der Waals surface area contributed by atoms with Gasteiger partial charge in [0.05, 0.1) is 51.8 Å². The van der Waals surface area contributed by atoms with Crippen LogP contribution in [0.4, 0.5) is 0 Å². The first-order chi connectivity index (χ1) is 43.9. The van der Waals surface area contributed by atoms with Gasteiger partial charge < -0.3 is 194 Å². The van der Waals surface area contributed by atoms with Crippen LogP contribution in [-0.2, 0) is 80.6 Å². The molecule has 41 heteroatoms. The van der Waals surface area contributed by atoms with Crippen LogP contribution in [0.2, 0.25) is 0 Å². The number of aliphatic hydroxyl groups excluding tert-OH is 22. The summed E-state index contributed by atoms with van der Waals surface area (Å²) in [4.78, 5) is 26.2. The molecule has 8 heterocycles. The normalized spacial score (nSPS) is 51.6. The van der Waals surface area contributed by atoms with Crippen molar-refractivity contribution in [1.82, 2.24) is 10.6 Å². The number of amides is 2. The minimum atomic E-state index is -2.42. The van der Waals surface area contributed by atoms with Crippen molar-refractivity contribution in [2.75, 3.05) is 39.6 Å². The number of hydrogen-bond donors (Lipinski definition) is 24. The molecule has 24 N–H and O–H groups in total. The molecular formula is C52H88N2O39. The molecule has 0 aromatic rings. The lowest BCUT2D eigenvalue weighted by Crippen LogP contribution is -2.71. The van der Waals surface area contributed by atoms with Crippen molar-refractivity contribution < 1.29 is 193 Å². The first-order valence-electron chi connectivity index (χ1n) is 29.9. The Hall–Kier alpha value is -2.54. The first-order valence-corrected chi connectivity index (χ1v) is 29.9. The Morgan fingerprint density at radius 2 is 0.667 bits per heavy atom. The second-order valence-electron chi connectivity index (χ2n) is 23.9. The highest BCUT2D eigenvalue weighted by Crippen LogP contribution is 2.39. The highest BCUT2D eigenvalue weighted by atomic mass is 16.8. The number of carbonyl (C=O) groups excluding carboxylic acids is 2. The van der Waals surface area contributed by atoms with Crippen LogP contribution in [-0.4, -0.2) is 409 Å². The number of ether oxygens (including phenoxy) is 15. The van der Waals surface area contributed by atoms with Gasteiger partial charge in [-0.15, -0.1) is 0 Å². The van der Waals surface area contributed by atoms with Gasteiger partial charge in [-0.05, 0) is 13.8 Å². The Morgan fingerprint density at radius 1 is 0.301 bits per heavy atom. The molecule has 8 fully saturated rings. The summed E-state index contributed by atoms with van der Waals surface area (Å²) < 4.78 is 88.7. The van der Waals surface area contributed by atoms with E-state index < -0.39 is 297 Å². The van der Waals surface area contributed by atoms with Gasteiger partial charge in [0.2, 0.25) is 11.8 Å². The van der Waals surface area contributed by atoms with Crippen LogP contribution in [0.5, 0.6) is 0 Å². The predicted octanol–water partition coefficient (Wildman–Crippen LogP) is -16.1. The molecule has 0 bridgehead atoms. The zero-order chi connectivity index (χ0) is 68.5. The van der Waals surface area contributed by atoms with Gasteiger partial charge in [0.1, 0.15) is 183 Å². The van der Waals surface area contributed by atoms with Crippen LogP contribution < -0.4 is 10.6 Å². The van der Waals surface area contributed by atoms with Crippen molar-refractivity contribution in [3.05, 3.63) is 0 Å². The maximum atomic E-state index is 13.5. The summed E-state index contributed by atoms with van der Waals surface area (Å²) in [6, 6.07) is -3.80. The molecule has 8 aliphatic heterocycles. The lowest BCUT2D eigenvalue weighted by molar-refractivity contribution is -0.401. The lowest BCUT2D eigenvalue weighted by atomic mass is 9.93. The summed E-state index contributed by atoms with van der Waals surface area (Å²) in [5.41, 5.74) is 0. The molecule has 8 rings (SSSR count). The maximum Gasteiger partial charge on any atom is 0.217 e. The van der Waals surface area contributed by atoms with Gasteiger partial charge >= 0.3 is 0 Å². The SMILES string of the molecule is CC(=O)N[C@H]1[C@@H](OC[C@H]2OC(O[C@H]3[C@@H](O)[C@H](O)[C@H](O)O[C@@H]3CO)[C@@H](O)[C@@H](O[C@H]3O[C@H](CO)[C@@H](O[C@@H]4O[C@@H](C)[C@@H](O)[C@H](O)[C@H]4O)[C@@H](O[C@H]4O[C@@H](CO)[C@@H](O)[C@H](O)[C@H]4O[C@@H]4O[C@@H](C)[C@@H](O)[C@H](O)[C@H]4O)[C@H]3NC(C)=O)[C@H]2O)O[C@@H](CO)[C@H](O[C@H]2O[C@@H](CO)[C@@H](O)[C@H](O)[C@H]2O)[C@@H]1O. The van der Waals surface area contributed by atoms with Crippen LogP contribution in [0.25, 0.3) is 0 Å². The number of carbonyl (C=O) groups is 2. The van der Waals surface area contributed by atoms with E-state index in [0.29, 0.717) is 0 Å². The molecule has 0 aromatic carbocycles. The van der Waals surface area contributed by atoms with Gasteiger partial charge in [0.25, 0.3) is 0 Å². The molecule has 0 saturated carbocycles. The number of aliphatic hydroxyl groups is 22. The molecule has 8 saturated heterocycles. The molecule has 0 aromatic heterocycles. The molecule has 540 valence electrons. The van der Waals surface area contributed by atoms with Crippen LogP contribution in [0.15, 0.2) is 0 Å². The Balaban J connectivity index is 1.16. The molecule has 41 nitrogen and oxygen atoms in total. The highest BCUT2D eigenvalue weighted by Gasteiger charge is 2.60. The number of rotatable bonds is 22. The largest absolute Gasteiger partial charge is 0.394 e. The monoisotopic (exact) mass is 1360 g/mol. The van der Waals surface area contributed by atoms with E-state index in [0.717, 1.165) is 13.8 Å². The average Bonchev–Trinajstić information content (AvgIpc) is 0.773. The van der Waals surface area contributed by atoms with Crippen molar-refractivity contribution in [2.24, 2.45) is 0 Å². The van der Waals surface area contributed by atoms with Crippen LogP contribution in [0.3, 0.4) is 0 Å². The fourth-order valence-corrected chi connectivity index (χ4v) is 12.1. The second kappa shape index (κ2) is 32.6. The lowest BCUT2D eigenvalue weighted by Gasteiger charge is -2.52. The molecule has 2 amide bonds. The standard InChI is InChI=1S/C52H88N2O39/c1-11-23(62)29(68)35(74)48(80-11)90-41-19(9-59)86-47(22(54-14(4)61)42(41)91-52-44(32(71)26(65)16(6-56)84-52)93-49-36(75)30(69)24(63)12(2)81-49)92-43-27(66)20(87-51(38(43)77)89-40-17(7-57)82-45(78)34(73)33(40)72)10-79-46-21(53-13(3)60)28(67)39(18(8-58)85-46)88-50-37(76)31(70)25(64)15(5-55)83-50/h11-12,15-52,55-59,62-78H,5-10H2,1-4H3,(H,53,60)(H,54,61)/t11-,12-,15-,16-,17+,18-,19+,20+,21+,22+,23+,24+,25+,26+,27-,28+,29-,30-,31-,32-,33-,34-,35+,36+,37+,38-,39-,40+,41+,42-,43-,44+,45+,46-,47+,48-,49-,50+,51?,52+/m0/s1. The van der Waals surface area contributed by atoms with Gasteiger partial charge in [0.15, 0.2) is 50.3 Å². The minimum Gasteiger partial charge on any atom is -0.394 e. The third kappa shape index (κ3) is 16.4. The van der Waals surface area contributed by atoms with Crippen LogP contribution in [0.1, 0.15) is 27.7 Å². The van der Waals surface area contributed by atoms with Gasteiger partial charge in [-0.25, -0.2) is 0 Å². The zero-order valence-electron chi connectivity index (χ0n) is 50.1. The Kier molecular flexibility index (Phi) is 26.7. The Labute approximate surface area is 527 Å². The van der Waals surface area contributed by atoms with Gasteiger partial charge in [-0.1, -0.05) is 0 Å². The van der Waals surface area contributed by atoms with E-state index in [-0.39, 0.29) is 0 Å². The molecular weight excluding hydrogens is 1280 g/mol. The number of nitrogens with one attached hydrogen (secondary N) is 2. The van der Waals surface area contributed by atoms with E-state index in [2.05, 4.69) is 10.6 Å². The van der Waals surface area contributed by atoms with E-state index in [9.17, 15) is 122 Å². The summed E-state index contributed by atoms with van der Waals surface area (Å²) in [7, 11) is 0. The number of hydrogen-bond acceptors (Lipinski definition) is 39. The van der Waals surface area contributed by atoms with Crippen LogP contribution >= 0.6 is 0 Å². The maximum absolute atomic E-state index is 13.5. The zero-order valence-corrected chi connectivity index (χ0v) is 50.1. The van der Waals surface area contributed by atoms with Gasteiger partial charge in [-0.3, -0.25) is 9.59 Å². The molecule has 0 spiro atoms. The summed E-state index contributed by atoms with van der Waals surface area (Å²) >= 11 is 0. The van der Waals surface area contributed by atoms with Crippen molar-refractivity contribution in [2.45, 2.75) is 273 Å². The molecule has 40 atom stereocenters. The minimum absolute atomic E-state index is 0.860. The van der Waals surface area contributed by atoms with E-state index in [1.807, 2.05) is 0 Å². The predicted molar refractivity (Wildman–Crippen MR) is 285 cm³/mol. The molecule has 0 radical (unpaired) electrons. The van der Waals surface area contributed by atoms with E-state index in [1.54, 1.807) is 0 Å². The quantitative estimate of drug-likeness (QED) is 0.0479. The fourth-order valence-electron chi connectivity index (χ4n) is 12.1. The Morgan fingerprint density at radius 3 is 1.19 bits per heavy atom. The topological polar surface area (TPSA) is 642 Å². The highest BCUT2D eigenvalue weighted by molar-refractivity contribution is 5.73. The molecule has 93 heavy (non-hydrogen) atoms. The summed E-state index contributed by atoms with van der Waals surface area (Å²) in [5.74, 6) is -1.86. The average molecular weight is 1370 g/mol. The summed E-state index contributed by atoms with van der Waals surface area (Å²) in [6.45, 7) is -1.81. The molecule has 1 unspecified atom stereocenters. The third-order valence-corrected chi connectivity index (χ3v) is 17.4. The van der Waals surface area contributed by atoms with Crippen LogP contribution in [0, 0.1) is 0 Å². The Bertz CT molecular complexity index is 2350. The van der Waals surface area contributed by atoms with E-state index in [4.69, 9.17) is 71.1 Å². The van der Waals surface area contributed by atoms with E-state index >= 15 is 0 Å². The van der Waals surface area contributed by atoms with Gasteiger partial charge in [-0.2, -0.15) is 0 Å². The van der Waals surface area contributed by atoms with Crippen molar-refractivity contribution >= 4 is 11.8 Å².